The number of ketones is 1. The Hall–Kier alpha value is -2.90. The lowest BCUT2D eigenvalue weighted by atomic mass is 9.82. The van der Waals surface area contributed by atoms with Crippen LogP contribution < -0.4 is 10.1 Å². The van der Waals surface area contributed by atoms with Crippen molar-refractivity contribution < 1.29 is 23.9 Å². The van der Waals surface area contributed by atoms with E-state index in [2.05, 4.69) is 21.2 Å². The number of fused-ring (bicyclic) bond motifs is 1. The topological polar surface area (TPSA) is 109 Å². The summed E-state index contributed by atoms with van der Waals surface area (Å²) in [4.78, 5) is 40.0. The van der Waals surface area contributed by atoms with Gasteiger partial charge in [0.25, 0.3) is 5.91 Å². The minimum absolute atomic E-state index is 0.0521. The Morgan fingerprint density at radius 3 is 2.62 bits per heavy atom. The molecule has 2 aliphatic rings. The number of piperidine rings is 1. The number of anilines is 1. The highest BCUT2D eigenvalue weighted by Gasteiger charge is 2.44. The first-order valence-corrected chi connectivity index (χ1v) is 12.4. The van der Waals surface area contributed by atoms with Crippen LogP contribution in [0, 0.1) is 11.3 Å². The van der Waals surface area contributed by atoms with Crippen molar-refractivity contribution in [1.29, 1.82) is 5.26 Å². The number of nitrogens with one attached hydrogen (secondary N) is 1. The number of Topliss-reactive ketones (excluding diaryl/α,β-unsaturated/α-hetero) is 1. The van der Waals surface area contributed by atoms with Crippen LogP contribution in [-0.4, -0.2) is 47.0 Å². The minimum Gasteiger partial charge on any atom is -0.486 e. The van der Waals surface area contributed by atoms with Gasteiger partial charge < -0.3 is 14.4 Å². The lowest BCUT2D eigenvalue weighted by Gasteiger charge is -2.44. The van der Waals surface area contributed by atoms with E-state index in [9.17, 15) is 14.4 Å². The van der Waals surface area contributed by atoms with Crippen molar-refractivity contribution in [3.8, 4) is 11.8 Å². The third kappa shape index (κ3) is 5.10. The summed E-state index contributed by atoms with van der Waals surface area (Å²) in [5, 5.41) is 12.2. The molecule has 1 fully saturated rings. The van der Waals surface area contributed by atoms with E-state index in [-0.39, 0.29) is 18.1 Å². The number of rotatable bonds is 2. The van der Waals surface area contributed by atoms with Gasteiger partial charge in [0.1, 0.15) is 22.0 Å². The molecule has 178 valence electrons. The van der Waals surface area contributed by atoms with Crippen LogP contribution in [0.3, 0.4) is 0 Å². The molecule has 0 aliphatic carbocycles. The van der Waals surface area contributed by atoms with Crippen molar-refractivity contribution in [3.63, 3.8) is 0 Å². The number of carbonyl (C=O) groups excluding carboxylic acids is 3. The highest BCUT2D eigenvalue weighted by molar-refractivity contribution is 9.11. The van der Waals surface area contributed by atoms with Gasteiger partial charge in [-0.2, -0.15) is 5.26 Å². The van der Waals surface area contributed by atoms with Crippen LogP contribution in [0.2, 0.25) is 0 Å². The van der Waals surface area contributed by atoms with Gasteiger partial charge in [-0.3, -0.25) is 14.9 Å². The summed E-state index contributed by atoms with van der Waals surface area (Å²) in [6.07, 6.45) is 0.598. The smallest absolute Gasteiger partial charge is 0.412 e. The van der Waals surface area contributed by atoms with Crippen molar-refractivity contribution in [2.75, 3.05) is 18.4 Å². The third-order valence-electron chi connectivity index (χ3n) is 5.73. The SMILES string of the molecule is CC(C)(C)OC(=O)Nc1sc(Br)cc1C(=O)N1CCC2(CC1)CC(=O)c1cc(C#N)ccc1O2. The van der Waals surface area contributed by atoms with Crippen LogP contribution >= 0.6 is 27.3 Å². The van der Waals surface area contributed by atoms with Crippen LogP contribution in [0.25, 0.3) is 0 Å². The van der Waals surface area contributed by atoms with E-state index in [1.54, 1.807) is 49.9 Å². The summed E-state index contributed by atoms with van der Waals surface area (Å²) in [6.45, 7) is 6.14. The number of thiophene rings is 1. The van der Waals surface area contributed by atoms with Crippen molar-refractivity contribution in [2.45, 2.75) is 51.2 Å². The monoisotopic (exact) mass is 545 g/mol. The minimum atomic E-state index is -0.665. The average Bonchev–Trinajstić information content (AvgIpc) is 3.12. The van der Waals surface area contributed by atoms with Crippen LogP contribution in [0.4, 0.5) is 9.80 Å². The van der Waals surface area contributed by atoms with Gasteiger partial charge in [-0.25, -0.2) is 4.79 Å². The van der Waals surface area contributed by atoms with Gasteiger partial charge in [-0.1, -0.05) is 0 Å². The molecule has 1 aromatic heterocycles. The fraction of sp³-hybridized carbons (Fsp3) is 0.417. The number of benzene rings is 1. The Bertz CT molecular complexity index is 1200. The van der Waals surface area contributed by atoms with E-state index >= 15 is 0 Å². The Morgan fingerprint density at radius 1 is 1.26 bits per heavy atom. The normalized spacial score (nSPS) is 16.9. The van der Waals surface area contributed by atoms with Crippen LogP contribution in [0.5, 0.6) is 5.75 Å². The lowest BCUT2D eigenvalue weighted by Crippen LogP contribution is -2.52. The number of nitrogens with zero attached hydrogens (tertiary/aromatic N) is 2. The number of halogens is 1. The molecule has 8 nitrogen and oxygen atoms in total. The van der Waals surface area contributed by atoms with E-state index in [4.69, 9.17) is 14.7 Å². The molecule has 2 aromatic rings. The number of amides is 2. The molecule has 1 saturated heterocycles. The number of nitriles is 1. The molecule has 2 aliphatic heterocycles. The van der Waals surface area contributed by atoms with Gasteiger partial charge in [-0.05, 0) is 61.0 Å². The Kier molecular flexibility index (Phi) is 6.44. The highest BCUT2D eigenvalue weighted by atomic mass is 79.9. The Morgan fingerprint density at radius 2 is 1.97 bits per heavy atom. The predicted molar refractivity (Wildman–Crippen MR) is 130 cm³/mol. The summed E-state index contributed by atoms with van der Waals surface area (Å²) in [5.74, 6) is 0.230. The van der Waals surface area contributed by atoms with E-state index < -0.39 is 17.3 Å². The van der Waals surface area contributed by atoms with Crippen LogP contribution in [0.15, 0.2) is 28.1 Å². The molecular weight excluding hydrogens is 522 g/mol. The van der Waals surface area contributed by atoms with Gasteiger partial charge in [0, 0.05) is 25.9 Å². The summed E-state index contributed by atoms with van der Waals surface area (Å²) in [6, 6.07) is 8.60. The number of ether oxygens (including phenoxy) is 2. The number of hydrogen-bond donors (Lipinski definition) is 1. The third-order valence-corrected chi connectivity index (χ3v) is 7.28. The molecule has 1 spiro atoms. The summed E-state index contributed by atoms with van der Waals surface area (Å²) >= 11 is 4.64. The van der Waals surface area contributed by atoms with E-state index in [1.165, 1.54) is 11.3 Å². The molecule has 2 amide bonds. The van der Waals surface area contributed by atoms with E-state index in [1.807, 2.05) is 6.07 Å². The summed E-state index contributed by atoms with van der Waals surface area (Å²) < 4.78 is 12.3. The van der Waals surface area contributed by atoms with E-state index in [0.29, 0.717) is 57.2 Å². The van der Waals surface area contributed by atoms with Crippen molar-refractivity contribution in [3.05, 3.63) is 44.7 Å². The first kappa shape index (κ1) is 24.2. The van der Waals surface area contributed by atoms with Crippen molar-refractivity contribution >= 4 is 50.1 Å². The molecule has 0 radical (unpaired) electrons. The molecule has 0 unspecified atom stereocenters. The maximum Gasteiger partial charge on any atom is 0.412 e. The van der Waals surface area contributed by atoms with Crippen molar-refractivity contribution in [1.82, 2.24) is 4.90 Å². The quantitative estimate of drug-likeness (QED) is 0.543. The number of likely N-dealkylation sites (tertiary alicyclic amines) is 1. The molecule has 0 bridgehead atoms. The van der Waals surface area contributed by atoms with Crippen LogP contribution in [-0.2, 0) is 4.74 Å². The molecule has 4 rings (SSSR count). The largest absolute Gasteiger partial charge is 0.486 e. The number of hydrogen-bond acceptors (Lipinski definition) is 7. The Balaban J connectivity index is 1.45. The second kappa shape index (κ2) is 9.04. The molecular formula is C24H24BrN3O5S. The van der Waals surface area contributed by atoms with Gasteiger partial charge in [0.15, 0.2) is 5.78 Å². The maximum atomic E-state index is 13.3. The second-order valence-electron chi connectivity index (χ2n) is 9.42. The fourth-order valence-electron chi connectivity index (χ4n) is 4.14. The lowest BCUT2D eigenvalue weighted by molar-refractivity contribution is -0.00568. The molecule has 1 N–H and O–H groups in total. The van der Waals surface area contributed by atoms with Gasteiger partial charge in [-0.15, -0.1) is 11.3 Å². The molecule has 1 aromatic carbocycles. The molecule has 3 heterocycles. The van der Waals surface area contributed by atoms with Gasteiger partial charge in [0.05, 0.1) is 33.0 Å². The van der Waals surface area contributed by atoms with E-state index in [0.717, 1.165) is 0 Å². The van der Waals surface area contributed by atoms with Crippen LogP contribution in [0.1, 0.15) is 66.3 Å². The maximum absolute atomic E-state index is 13.3. The molecule has 34 heavy (non-hydrogen) atoms. The average molecular weight is 546 g/mol. The second-order valence-corrected chi connectivity index (χ2v) is 11.9. The first-order chi connectivity index (χ1) is 16.0. The zero-order valence-electron chi connectivity index (χ0n) is 19.1. The fourth-order valence-corrected chi connectivity index (χ4v) is 5.62. The summed E-state index contributed by atoms with van der Waals surface area (Å²) in [5.41, 5.74) is -0.0829. The van der Waals surface area contributed by atoms with Crippen molar-refractivity contribution in [2.24, 2.45) is 0 Å². The Labute approximate surface area is 210 Å². The zero-order valence-corrected chi connectivity index (χ0v) is 21.5. The van der Waals surface area contributed by atoms with Gasteiger partial charge in [0.2, 0.25) is 0 Å². The zero-order chi connectivity index (χ0) is 24.7. The highest BCUT2D eigenvalue weighted by Crippen LogP contribution is 2.40. The standard InChI is InChI=1S/C24H24BrN3O5S/c1-23(2,3)33-22(31)27-20-16(11-19(25)34-20)21(30)28-8-6-24(7-9-28)12-17(29)15-10-14(13-26)4-5-18(15)32-24/h4-5,10-11H,6-9,12H2,1-3H3,(H,27,31). The summed E-state index contributed by atoms with van der Waals surface area (Å²) in [7, 11) is 0. The first-order valence-electron chi connectivity index (χ1n) is 10.8. The molecule has 0 atom stereocenters. The number of carbonyl (C=O) groups is 3. The predicted octanol–water partition coefficient (Wildman–Crippen LogP) is 5.37. The molecule has 0 saturated carbocycles. The van der Waals surface area contributed by atoms with Gasteiger partial charge >= 0.3 is 6.09 Å². The molecule has 10 heteroatoms.